The van der Waals surface area contributed by atoms with Crippen LogP contribution in [-0.2, 0) is 14.4 Å². The van der Waals surface area contributed by atoms with E-state index in [4.69, 9.17) is 0 Å². The Morgan fingerprint density at radius 2 is 0.739 bits per heavy atom. The maximum absolute atomic E-state index is 14.0. The molecule has 3 saturated heterocycles. The normalized spacial score (nSPS) is 28.2. The van der Waals surface area contributed by atoms with Gasteiger partial charge in [0.15, 0.2) is 5.92 Å². The molecule has 3 heterocycles. The molecule has 0 amide bonds. The van der Waals surface area contributed by atoms with Crippen LogP contribution in [0.25, 0.3) is 0 Å². The minimum absolute atomic E-state index is 0.0712. The Balaban J connectivity index is 2.53. The third-order valence-corrected chi connectivity index (χ3v) is 14.0. The summed E-state index contributed by atoms with van der Waals surface area (Å²) in [5.41, 5.74) is -2.41. The van der Waals surface area contributed by atoms with Crippen LogP contribution in [0.4, 0.5) is 0 Å². The lowest BCUT2D eigenvalue weighted by Crippen LogP contribution is -2.70. The second-order valence-electron chi connectivity index (χ2n) is 19.2. The van der Waals surface area contributed by atoms with Crippen molar-refractivity contribution in [3.05, 3.63) is 0 Å². The standard InChI is InChI=1S/C37H67N3O6/c1-31(2)17-23(18-32(3,4)38(31)13)37(24-19-33(5,6)39(14)34(7,8)20-24,25-21-35(9,10)40(15)36(11,12)22-25)27(30(45)46)16-26(28(41)42)29(43)44/h23-27H,16-22H2,1-15H3,(H,41,42)(H,43,44)(H,45,46). The van der Waals surface area contributed by atoms with Gasteiger partial charge in [0.2, 0.25) is 0 Å². The van der Waals surface area contributed by atoms with Crippen molar-refractivity contribution in [3.8, 4) is 0 Å². The number of piperidine rings is 3. The first-order valence-corrected chi connectivity index (χ1v) is 17.4. The number of carboxylic acids is 3. The molecule has 0 bridgehead atoms. The molecule has 9 nitrogen and oxygen atoms in total. The van der Waals surface area contributed by atoms with Gasteiger partial charge >= 0.3 is 17.9 Å². The molecule has 9 heteroatoms. The molecule has 0 radical (unpaired) electrons. The van der Waals surface area contributed by atoms with Crippen LogP contribution in [0.1, 0.15) is 128 Å². The number of hydrogen-bond donors (Lipinski definition) is 3. The molecule has 0 aliphatic carbocycles. The number of rotatable bonds is 9. The zero-order valence-electron chi connectivity index (χ0n) is 31.7. The summed E-state index contributed by atoms with van der Waals surface area (Å²) in [7, 11) is 6.46. The van der Waals surface area contributed by atoms with E-state index in [2.05, 4.69) is 119 Å². The first-order valence-electron chi connectivity index (χ1n) is 17.4. The lowest BCUT2D eigenvalue weighted by Gasteiger charge is -2.68. The van der Waals surface area contributed by atoms with Crippen LogP contribution in [0.5, 0.6) is 0 Å². The Morgan fingerprint density at radius 1 is 0.522 bits per heavy atom. The van der Waals surface area contributed by atoms with E-state index in [0.29, 0.717) is 0 Å². The van der Waals surface area contributed by atoms with Crippen LogP contribution in [0.2, 0.25) is 0 Å². The Kier molecular flexibility index (Phi) is 10.1. The quantitative estimate of drug-likeness (QED) is 0.239. The lowest BCUT2D eigenvalue weighted by atomic mass is 9.42. The summed E-state index contributed by atoms with van der Waals surface area (Å²) in [5, 5.41) is 31.8. The molecule has 46 heavy (non-hydrogen) atoms. The van der Waals surface area contributed by atoms with Crippen molar-refractivity contribution < 1.29 is 29.7 Å². The molecule has 0 aromatic heterocycles. The third-order valence-electron chi connectivity index (χ3n) is 14.0. The predicted molar refractivity (Wildman–Crippen MR) is 183 cm³/mol. The van der Waals surface area contributed by atoms with Crippen LogP contribution in [-0.4, -0.2) is 102 Å². The first kappa shape index (κ1) is 38.7. The molecule has 3 N–H and O–H groups in total. The van der Waals surface area contributed by atoms with E-state index in [0.717, 1.165) is 38.5 Å². The highest BCUT2D eigenvalue weighted by Crippen LogP contribution is 2.66. The molecule has 3 aliphatic rings. The van der Waals surface area contributed by atoms with Gasteiger partial charge in [-0.05, 0) is 172 Å². The summed E-state index contributed by atoms with van der Waals surface area (Å²) in [6.07, 6.45) is 4.09. The van der Waals surface area contributed by atoms with Crippen molar-refractivity contribution in [2.24, 2.45) is 35.0 Å². The predicted octanol–water partition coefficient (Wildman–Crippen LogP) is 6.55. The molecule has 0 spiro atoms. The van der Waals surface area contributed by atoms with Gasteiger partial charge in [-0.15, -0.1) is 0 Å². The second kappa shape index (κ2) is 12.0. The van der Waals surface area contributed by atoms with Gasteiger partial charge in [0.05, 0.1) is 5.92 Å². The molecule has 3 aliphatic heterocycles. The van der Waals surface area contributed by atoms with Crippen LogP contribution in [0.3, 0.4) is 0 Å². The Hall–Kier alpha value is -1.71. The summed E-state index contributed by atoms with van der Waals surface area (Å²) < 4.78 is 0. The molecule has 0 aromatic carbocycles. The van der Waals surface area contributed by atoms with E-state index >= 15 is 0 Å². The van der Waals surface area contributed by atoms with E-state index in [1.54, 1.807) is 0 Å². The molecule has 1 atom stereocenters. The van der Waals surface area contributed by atoms with Gasteiger partial charge in [0.25, 0.3) is 0 Å². The second-order valence-corrected chi connectivity index (χ2v) is 19.2. The van der Waals surface area contributed by atoms with E-state index < -0.39 is 41.6 Å². The van der Waals surface area contributed by atoms with Crippen molar-refractivity contribution in [1.29, 1.82) is 0 Å². The maximum atomic E-state index is 14.0. The van der Waals surface area contributed by atoms with Crippen molar-refractivity contribution in [3.63, 3.8) is 0 Å². The Morgan fingerprint density at radius 3 is 0.913 bits per heavy atom. The maximum Gasteiger partial charge on any atom is 0.317 e. The molecular formula is C37H67N3O6. The molecule has 266 valence electrons. The van der Waals surface area contributed by atoms with Crippen LogP contribution < -0.4 is 0 Å². The molecule has 3 rings (SSSR count). The highest BCUT2D eigenvalue weighted by atomic mass is 16.4. The van der Waals surface area contributed by atoms with Crippen molar-refractivity contribution in [2.45, 2.75) is 161 Å². The van der Waals surface area contributed by atoms with Gasteiger partial charge in [0, 0.05) is 33.2 Å². The van der Waals surface area contributed by atoms with Crippen LogP contribution in [0, 0.1) is 35.0 Å². The number of nitrogens with zero attached hydrogens (tertiary/aromatic N) is 3. The monoisotopic (exact) mass is 650 g/mol. The molecule has 0 aromatic rings. The SMILES string of the molecule is CN1C(C)(C)CC(C(C2CC(C)(C)N(C)C(C)(C)C2)(C2CC(C)(C)N(C)C(C)(C)C2)C(CC(C(=O)O)C(=O)O)C(=O)O)CC1(C)C. The fourth-order valence-electron chi connectivity index (χ4n) is 11.1. The summed E-state index contributed by atoms with van der Waals surface area (Å²) in [6.45, 7) is 26.9. The molecule has 0 saturated carbocycles. The zero-order chi connectivity index (χ0) is 35.8. The van der Waals surface area contributed by atoms with Gasteiger partial charge in [0.1, 0.15) is 0 Å². The fourth-order valence-corrected chi connectivity index (χ4v) is 11.1. The zero-order valence-corrected chi connectivity index (χ0v) is 31.7. The van der Waals surface area contributed by atoms with E-state index in [1.807, 2.05) is 0 Å². The van der Waals surface area contributed by atoms with Gasteiger partial charge in [-0.25, -0.2) is 0 Å². The number of hydrogen-bond acceptors (Lipinski definition) is 6. The molecule has 1 unspecified atom stereocenters. The van der Waals surface area contributed by atoms with Crippen molar-refractivity contribution in [2.75, 3.05) is 21.1 Å². The third kappa shape index (κ3) is 6.63. The van der Waals surface area contributed by atoms with Gasteiger partial charge in [-0.2, -0.15) is 0 Å². The topological polar surface area (TPSA) is 122 Å². The highest BCUT2D eigenvalue weighted by molar-refractivity contribution is 5.93. The number of aliphatic carboxylic acids is 3. The molecular weight excluding hydrogens is 582 g/mol. The Bertz CT molecular complexity index is 1020. The van der Waals surface area contributed by atoms with Gasteiger partial charge in [-0.3, -0.25) is 29.1 Å². The highest BCUT2D eigenvalue weighted by Gasteiger charge is 2.66. The summed E-state index contributed by atoms with van der Waals surface area (Å²) in [4.78, 5) is 46.3. The number of carboxylic acid groups (broad SMARTS) is 3. The lowest BCUT2D eigenvalue weighted by molar-refractivity contribution is -0.205. The van der Waals surface area contributed by atoms with E-state index in [9.17, 15) is 29.7 Å². The van der Waals surface area contributed by atoms with Crippen LogP contribution >= 0.6 is 0 Å². The minimum atomic E-state index is -1.80. The average molecular weight is 650 g/mol. The van der Waals surface area contributed by atoms with Crippen molar-refractivity contribution >= 4 is 17.9 Å². The average Bonchev–Trinajstić information content (AvgIpc) is 2.84. The van der Waals surface area contributed by atoms with Gasteiger partial charge in [-0.1, -0.05) is 0 Å². The molecule has 3 fully saturated rings. The van der Waals surface area contributed by atoms with E-state index in [-0.39, 0.29) is 51.0 Å². The van der Waals surface area contributed by atoms with Crippen molar-refractivity contribution in [1.82, 2.24) is 14.7 Å². The summed E-state index contributed by atoms with van der Waals surface area (Å²) in [6, 6.07) is 0. The largest absolute Gasteiger partial charge is 0.481 e. The first-order chi connectivity index (χ1) is 20.5. The minimum Gasteiger partial charge on any atom is -0.481 e. The number of likely N-dealkylation sites (tertiary alicyclic amines) is 3. The van der Waals surface area contributed by atoms with E-state index in [1.165, 1.54) is 0 Å². The smallest absolute Gasteiger partial charge is 0.317 e. The fraction of sp³-hybridized carbons (Fsp3) is 0.919. The van der Waals surface area contributed by atoms with Gasteiger partial charge < -0.3 is 15.3 Å². The summed E-state index contributed by atoms with van der Waals surface area (Å²) in [5.74, 6) is -7.16. The summed E-state index contributed by atoms with van der Waals surface area (Å²) >= 11 is 0. The number of carbonyl (C=O) groups is 3. The Labute approximate surface area is 279 Å². The van der Waals surface area contributed by atoms with Crippen LogP contribution in [0.15, 0.2) is 0 Å².